The summed E-state index contributed by atoms with van der Waals surface area (Å²) in [5, 5.41) is 3.40. The molecule has 3 rings (SSSR count). The van der Waals surface area contributed by atoms with Crippen LogP contribution >= 0.6 is 11.6 Å². The zero-order chi connectivity index (χ0) is 19.3. The lowest BCUT2D eigenvalue weighted by atomic mass is 9.99. The number of piperidine rings is 1. The summed E-state index contributed by atoms with van der Waals surface area (Å²) in [5.41, 5.74) is 1.05. The molecule has 1 aliphatic rings. The Kier molecular flexibility index (Phi) is 6.46. The molecular formula is C19H22ClN3O3S. The molecule has 1 amide bonds. The number of aromatic nitrogens is 1. The molecule has 1 aliphatic heterocycles. The smallest absolute Gasteiger partial charge is 0.243 e. The quantitative estimate of drug-likeness (QED) is 0.797. The van der Waals surface area contributed by atoms with Crippen LogP contribution in [0.3, 0.4) is 0 Å². The van der Waals surface area contributed by atoms with Crippen LogP contribution in [0.15, 0.2) is 53.7 Å². The number of carbonyl (C=O) groups excluding carboxylic acids is 1. The van der Waals surface area contributed by atoms with Crippen LogP contribution < -0.4 is 5.32 Å². The predicted octanol–water partition coefficient (Wildman–Crippen LogP) is 2.49. The first-order valence-electron chi connectivity index (χ1n) is 8.89. The molecule has 0 bridgehead atoms. The van der Waals surface area contributed by atoms with Crippen molar-refractivity contribution in [3.05, 3.63) is 59.4 Å². The Labute approximate surface area is 164 Å². The first-order valence-corrected chi connectivity index (χ1v) is 10.7. The van der Waals surface area contributed by atoms with Crippen molar-refractivity contribution in [3.63, 3.8) is 0 Å². The number of amides is 1. The van der Waals surface area contributed by atoms with Gasteiger partial charge in [0.15, 0.2) is 0 Å². The van der Waals surface area contributed by atoms with E-state index in [0.717, 1.165) is 5.56 Å². The highest BCUT2D eigenvalue weighted by Gasteiger charge is 2.33. The summed E-state index contributed by atoms with van der Waals surface area (Å²) < 4.78 is 27.0. The van der Waals surface area contributed by atoms with E-state index in [2.05, 4.69) is 10.3 Å². The maximum Gasteiger partial charge on any atom is 0.243 e. The third-order valence-electron chi connectivity index (χ3n) is 4.64. The number of benzene rings is 1. The molecule has 1 aromatic heterocycles. The molecule has 1 atom stereocenters. The summed E-state index contributed by atoms with van der Waals surface area (Å²) in [7, 11) is -3.62. The van der Waals surface area contributed by atoms with E-state index in [4.69, 9.17) is 11.6 Å². The summed E-state index contributed by atoms with van der Waals surface area (Å²) >= 11 is 5.84. The molecule has 6 nitrogen and oxygen atoms in total. The molecule has 2 aromatic rings. The fourth-order valence-electron chi connectivity index (χ4n) is 3.15. The van der Waals surface area contributed by atoms with Crippen LogP contribution in [0.5, 0.6) is 0 Å². The molecule has 1 saturated heterocycles. The van der Waals surface area contributed by atoms with Gasteiger partial charge in [0.2, 0.25) is 15.9 Å². The maximum atomic E-state index is 12.8. The zero-order valence-electron chi connectivity index (χ0n) is 14.8. The van der Waals surface area contributed by atoms with Gasteiger partial charge in [-0.2, -0.15) is 4.31 Å². The molecule has 27 heavy (non-hydrogen) atoms. The van der Waals surface area contributed by atoms with E-state index in [1.54, 1.807) is 24.5 Å². The monoisotopic (exact) mass is 407 g/mol. The molecule has 1 N–H and O–H groups in total. The van der Waals surface area contributed by atoms with Gasteiger partial charge in [-0.05, 0) is 55.2 Å². The standard InChI is InChI=1S/C19H22ClN3O3S/c20-17-5-7-18(8-6-17)27(25,26)23-12-2-4-16(14-23)19(24)22-11-9-15-3-1-10-21-13-15/h1,3,5-8,10,13,16H,2,4,9,11-12,14H2,(H,22,24). The molecule has 1 aromatic carbocycles. The van der Waals surface area contributed by atoms with Crippen LogP contribution in [0.25, 0.3) is 0 Å². The number of hydrogen-bond donors (Lipinski definition) is 1. The second-order valence-corrected chi connectivity index (χ2v) is 8.93. The molecule has 8 heteroatoms. The van der Waals surface area contributed by atoms with Gasteiger partial charge in [0.05, 0.1) is 10.8 Å². The van der Waals surface area contributed by atoms with Gasteiger partial charge in [-0.25, -0.2) is 8.42 Å². The third-order valence-corrected chi connectivity index (χ3v) is 6.77. The Hall–Kier alpha value is -1.96. The van der Waals surface area contributed by atoms with E-state index < -0.39 is 10.0 Å². The minimum absolute atomic E-state index is 0.102. The molecule has 0 spiro atoms. The fraction of sp³-hybridized carbons (Fsp3) is 0.368. The average molecular weight is 408 g/mol. The van der Waals surface area contributed by atoms with E-state index >= 15 is 0 Å². The third kappa shape index (κ3) is 5.06. The van der Waals surface area contributed by atoms with Gasteiger partial charge in [0.25, 0.3) is 0 Å². The van der Waals surface area contributed by atoms with E-state index in [0.29, 0.717) is 37.4 Å². The lowest BCUT2D eigenvalue weighted by Gasteiger charge is -2.31. The van der Waals surface area contributed by atoms with Gasteiger partial charge in [-0.15, -0.1) is 0 Å². The van der Waals surface area contributed by atoms with Gasteiger partial charge in [-0.1, -0.05) is 17.7 Å². The Balaban J connectivity index is 1.58. The first kappa shape index (κ1) is 19.8. The normalized spacial score (nSPS) is 18.2. The molecule has 2 heterocycles. The lowest BCUT2D eigenvalue weighted by Crippen LogP contribution is -2.45. The van der Waals surface area contributed by atoms with E-state index in [1.165, 1.54) is 16.4 Å². The topological polar surface area (TPSA) is 79.4 Å². The van der Waals surface area contributed by atoms with Crippen molar-refractivity contribution in [3.8, 4) is 0 Å². The predicted molar refractivity (Wildman–Crippen MR) is 104 cm³/mol. The summed E-state index contributed by atoms with van der Waals surface area (Å²) in [6.07, 6.45) is 5.52. The second-order valence-electron chi connectivity index (χ2n) is 6.56. The largest absolute Gasteiger partial charge is 0.355 e. The molecule has 0 saturated carbocycles. The number of sulfonamides is 1. The van der Waals surface area contributed by atoms with Crippen molar-refractivity contribution in [1.82, 2.24) is 14.6 Å². The fourth-order valence-corrected chi connectivity index (χ4v) is 4.80. The van der Waals surface area contributed by atoms with Crippen molar-refractivity contribution in [2.24, 2.45) is 5.92 Å². The van der Waals surface area contributed by atoms with Crippen LogP contribution in [0.2, 0.25) is 5.02 Å². The summed E-state index contributed by atoms with van der Waals surface area (Å²) in [6, 6.07) is 9.92. The Morgan fingerprint density at radius 3 is 2.74 bits per heavy atom. The number of hydrogen-bond acceptors (Lipinski definition) is 4. The second kappa shape index (κ2) is 8.82. The molecule has 1 unspecified atom stereocenters. The minimum atomic E-state index is -3.62. The number of pyridine rings is 1. The van der Waals surface area contributed by atoms with Crippen molar-refractivity contribution in [1.29, 1.82) is 0 Å². The van der Waals surface area contributed by atoms with Crippen LogP contribution in [-0.2, 0) is 21.2 Å². The Bertz CT molecular complexity index is 873. The molecule has 144 valence electrons. The number of nitrogens with one attached hydrogen (secondary N) is 1. The van der Waals surface area contributed by atoms with E-state index in [-0.39, 0.29) is 23.3 Å². The highest BCUT2D eigenvalue weighted by molar-refractivity contribution is 7.89. The van der Waals surface area contributed by atoms with E-state index in [9.17, 15) is 13.2 Å². The number of rotatable bonds is 6. The van der Waals surface area contributed by atoms with Gasteiger partial charge in [0, 0.05) is 37.1 Å². The van der Waals surface area contributed by atoms with Crippen LogP contribution in [0.4, 0.5) is 0 Å². The number of nitrogens with zero attached hydrogens (tertiary/aromatic N) is 2. The van der Waals surface area contributed by atoms with Crippen molar-refractivity contribution < 1.29 is 13.2 Å². The van der Waals surface area contributed by atoms with Crippen molar-refractivity contribution in [2.75, 3.05) is 19.6 Å². The highest BCUT2D eigenvalue weighted by Crippen LogP contribution is 2.24. The molecule has 1 fully saturated rings. The average Bonchev–Trinajstić information content (AvgIpc) is 2.69. The minimum Gasteiger partial charge on any atom is -0.355 e. The molecule has 0 radical (unpaired) electrons. The molecule has 0 aliphatic carbocycles. The summed E-state index contributed by atoms with van der Waals surface area (Å²) in [6.45, 7) is 1.12. The number of halogens is 1. The van der Waals surface area contributed by atoms with Gasteiger partial charge < -0.3 is 5.32 Å². The maximum absolute atomic E-state index is 12.8. The van der Waals surface area contributed by atoms with Crippen LogP contribution in [0, 0.1) is 5.92 Å². The van der Waals surface area contributed by atoms with Gasteiger partial charge in [-0.3, -0.25) is 9.78 Å². The molecular weight excluding hydrogens is 386 g/mol. The Morgan fingerprint density at radius 1 is 1.26 bits per heavy atom. The first-order chi connectivity index (χ1) is 13.0. The summed E-state index contributed by atoms with van der Waals surface area (Å²) in [5.74, 6) is -0.440. The summed E-state index contributed by atoms with van der Waals surface area (Å²) in [4.78, 5) is 16.7. The van der Waals surface area contributed by atoms with Crippen LogP contribution in [0.1, 0.15) is 18.4 Å². The van der Waals surface area contributed by atoms with Gasteiger partial charge >= 0.3 is 0 Å². The zero-order valence-corrected chi connectivity index (χ0v) is 16.4. The van der Waals surface area contributed by atoms with Crippen molar-refractivity contribution in [2.45, 2.75) is 24.2 Å². The van der Waals surface area contributed by atoms with E-state index in [1.807, 2.05) is 12.1 Å². The highest BCUT2D eigenvalue weighted by atomic mass is 35.5. The van der Waals surface area contributed by atoms with Gasteiger partial charge in [0.1, 0.15) is 0 Å². The van der Waals surface area contributed by atoms with Crippen molar-refractivity contribution >= 4 is 27.5 Å². The number of carbonyl (C=O) groups is 1. The SMILES string of the molecule is O=C(NCCc1cccnc1)C1CCCN(S(=O)(=O)c2ccc(Cl)cc2)C1. The lowest BCUT2D eigenvalue weighted by molar-refractivity contribution is -0.126. The Morgan fingerprint density at radius 2 is 2.04 bits per heavy atom. The van der Waals surface area contributed by atoms with Crippen LogP contribution in [-0.4, -0.2) is 43.2 Å².